The molecule has 0 amide bonds. The molecule has 1 N–H and O–H groups in total. The molecule has 0 radical (unpaired) electrons. The fourth-order valence-electron chi connectivity index (χ4n) is 3.31. The van der Waals surface area contributed by atoms with E-state index in [9.17, 15) is 19.2 Å². The van der Waals surface area contributed by atoms with Gasteiger partial charge in [0.2, 0.25) is 0 Å². The Morgan fingerprint density at radius 1 is 1.22 bits per heavy atom. The van der Waals surface area contributed by atoms with Crippen LogP contribution in [0.5, 0.6) is 0 Å². The second-order valence-corrected chi connectivity index (χ2v) is 13.7. The predicted octanol–water partition coefficient (Wildman–Crippen LogP) is -0.496. The maximum atomic E-state index is 12.5. The van der Waals surface area contributed by atoms with Gasteiger partial charge < -0.3 is 14.2 Å². The molecule has 1 aliphatic heterocycles. The lowest BCUT2D eigenvalue weighted by molar-refractivity contribution is -0.155. The minimum atomic E-state index is -1.66. The highest BCUT2D eigenvalue weighted by molar-refractivity contribution is 6.88. The van der Waals surface area contributed by atoms with Crippen LogP contribution in [0.1, 0.15) is 32.1 Å². The topological polar surface area (TPSA) is 147 Å². The molecule has 0 saturated carbocycles. The molecular weight excluding hydrogens is 438 g/mol. The van der Waals surface area contributed by atoms with Gasteiger partial charge in [-0.1, -0.05) is 24.9 Å². The van der Waals surface area contributed by atoms with Gasteiger partial charge in [-0.3, -0.25) is 23.9 Å². The molecule has 2 aromatic rings. The number of esters is 2. The van der Waals surface area contributed by atoms with Crippen molar-refractivity contribution >= 4 is 25.3 Å². The molecule has 0 spiro atoms. The van der Waals surface area contributed by atoms with Crippen molar-refractivity contribution in [3.63, 3.8) is 0 Å². The summed E-state index contributed by atoms with van der Waals surface area (Å²) in [6, 6.07) is 0. The third kappa shape index (κ3) is 5.59. The number of hydrogen-bond donors (Lipinski definition) is 1. The molecule has 1 fully saturated rings. The van der Waals surface area contributed by atoms with Crippen LogP contribution >= 0.6 is 0 Å². The van der Waals surface area contributed by atoms with Crippen LogP contribution in [0.2, 0.25) is 19.6 Å². The van der Waals surface area contributed by atoms with Gasteiger partial charge in [-0.05, 0) is 0 Å². The van der Waals surface area contributed by atoms with Gasteiger partial charge in [0.1, 0.15) is 33.1 Å². The van der Waals surface area contributed by atoms with Crippen LogP contribution in [0.4, 0.5) is 0 Å². The summed E-state index contributed by atoms with van der Waals surface area (Å²) in [5, 5.41) is 9.18. The first kappa shape index (κ1) is 23.6. The van der Waals surface area contributed by atoms with Crippen molar-refractivity contribution in [2.24, 2.45) is 0 Å². The minimum Gasteiger partial charge on any atom is -0.463 e. The maximum absolute atomic E-state index is 12.5. The summed E-state index contributed by atoms with van der Waals surface area (Å²) in [4.78, 5) is 49.8. The molecule has 3 rings (SSSR count). The van der Waals surface area contributed by atoms with Gasteiger partial charge in [-0.15, -0.1) is 5.10 Å². The van der Waals surface area contributed by atoms with E-state index in [2.05, 4.69) is 34.9 Å². The van der Waals surface area contributed by atoms with E-state index in [1.807, 2.05) is 0 Å². The highest BCUT2D eigenvalue weighted by atomic mass is 28.3. The van der Waals surface area contributed by atoms with E-state index in [0.29, 0.717) is 0 Å². The standard InChI is InChI=1S/C19H27N5O7Si/c1-11(25)29-10-15-14(30-12(2)26)6-17(31-15)24-8-13(18(27)20-19(24)28)7-23-9-16(21-22-23)32(3,4)5/h8-9,14-15,17H,6-7,10H2,1-5H3,(H,20,27,28)/t14-,15+,17+/m0/s1. The second-order valence-electron chi connectivity index (χ2n) is 8.69. The number of carbonyl (C=O) groups is 2. The van der Waals surface area contributed by atoms with Crippen LogP contribution in [0, 0.1) is 0 Å². The number of aromatic nitrogens is 5. The molecule has 32 heavy (non-hydrogen) atoms. The Bertz CT molecular complexity index is 1120. The summed E-state index contributed by atoms with van der Waals surface area (Å²) in [6.07, 6.45) is 1.08. The van der Waals surface area contributed by atoms with Crippen molar-refractivity contribution in [3.8, 4) is 0 Å². The van der Waals surface area contributed by atoms with E-state index in [-0.39, 0.29) is 25.1 Å². The number of carbonyl (C=O) groups excluding carboxylic acids is 2. The van der Waals surface area contributed by atoms with Gasteiger partial charge >= 0.3 is 17.6 Å². The SMILES string of the molecule is CC(=O)OC[C@H]1O[C@@H](n2cc(Cn3cc([Si](C)(C)C)nn3)c(=O)[nH]c2=O)C[C@@H]1OC(C)=O. The molecule has 0 bridgehead atoms. The molecule has 174 valence electrons. The van der Waals surface area contributed by atoms with Crippen LogP contribution in [-0.2, 0) is 30.3 Å². The first-order valence-electron chi connectivity index (χ1n) is 10.1. The van der Waals surface area contributed by atoms with Gasteiger partial charge in [0.05, 0.1) is 17.4 Å². The van der Waals surface area contributed by atoms with Crippen molar-refractivity contribution in [2.75, 3.05) is 6.61 Å². The van der Waals surface area contributed by atoms with Gasteiger partial charge in [0.15, 0.2) is 0 Å². The Morgan fingerprint density at radius 3 is 2.53 bits per heavy atom. The van der Waals surface area contributed by atoms with E-state index >= 15 is 0 Å². The van der Waals surface area contributed by atoms with E-state index < -0.39 is 49.7 Å². The zero-order chi connectivity index (χ0) is 23.6. The molecule has 0 aliphatic carbocycles. The van der Waals surface area contributed by atoms with E-state index in [4.69, 9.17) is 14.2 Å². The average Bonchev–Trinajstić information content (AvgIpc) is 3.29. The van der Waals surface area contributed by atoms with E-state index in [1.165, 1.54) is 24.6 Å². The Kier molecular flexibility index (Phi) is 6.78. The van der Waals surface area contributed by atoms with Crippen LogP contribution in [0.25, 0.3) is 0 Å². The van der Waals surface area contributed by atoms with Gasteiger partial charge in [-0.25, -0.2) is 9.48 Å². The quantitative estimate of drug-likeness (QED) is 0.422. The lowest BCUT2D eigenvalue weighted by Gasteiger charge is -2.17. The smallest absolute Gasteiger partial charge is 0.330 e. The fraction of sp³-hybridized carbons (Fsp3) is 0.579. The molecule has 1 saturated heterocycles. The number of rotatable bonds is 7. The first-order valence-corrected chi connectivity index (χ1v) is 13.6. The van der Waals surface area contributed by atoms with Crippen molar-refractivity contribution in [2.45, 2.75) is 64.9 Å². The van der Waals surface area contributed by atoms with Crippen molar-refractivity contribution in [3.05, 3.63) is 38.8 Å². The highest BCUT2D eigenvalue weighted by Crippen LogP contribution is 2.30. The van der Waals surface area contributed by atoms with E-state index in [1.54, 1.807) is 10.9 Å². The number of aromatic amines is 1. The normalized spacial score (nSPS) is 20.8. The number of ether oxygens (including phenoxy) is 3. The Hall–Kier alpha value is -3.06. The lowest BCUT2D eigenvalue weighted by Crippen LogP contribution is -2.38. The van der Waals surface area contributed by atoms with Gasteiger partial charge in [-0.2, -0.15) is 0 Å². The summed E-state index contributed by atoms with van der Waals surface area (Å²) in [7, 11) is -1.66. The van der Waals surface area contributed by atoms with Crippen LogP contribution in [0.3, 0.4) is 0 Å². The van der Waals surface area contributed by atoms with Gasteiger partial charge in [0, 0.05) is 32.7 Å². The molecule has 1 aliphatic rings. The molecular formula is C19H27N5O7Si. The first-order chi connectivity index (χ1) is 14.9. The van der Waals surface area contributed by atoms with Gasteiger partial charge in [0.25, 0.3) is 5.56 Å². The number of hydrogen-bond acceptors (Lipinski definition) is 9. The molecule has 0 aromatic carbocycles. The molecule has 2 aromatic heterocycles. The van der Waals surface area contributed by atoms with Crippen molar-refractivity contribution in [1.82, 2.24) is 24.5 Å². The number of nitrogens with one attached hydrogen (secondary N) is 1. The third-order valence-corrected chi connectivity index (χ3v) is 6.71. The minimum absolute atomic E-state index is 0.115. The van der Waals surface area contributed by atoms with Crippen LogP contribution in [0.15, 0.2) is 22.0 Å². The summed E-state index contributed by atoms with van der Waals surface area (Å²) in [5.74, 6) is -1.03. The predicted molar refractivity (Wildman–Crippen MR) is 114 cm³/mol. The summed E-state index contributed by atoms with van der Waals surface area (Å²) in [6.45, 7) is 8.90. The molecule has 3 heterocycles. The number of nitrogens with zero attached hydrogens (tertiary/aromatic N) is 4. The van der Waals surface area contributed by atoms with E-state index in [0.717, 1.165) is 5.32 Å². The van der Waals surface area contributed by atoms with Crippen LogP contribution < -0.4 is 16.6 Å². The molecule has 12 nitrogen and oxygen atoms in total. The molecule has 3 atom stereocenters. The summed E-state index contributed by atoms with van der Waals surface area (Å²) < 4.78 is 18.9. The summed E-state index contributed by atoms with van der Waals surface area (Å²) >= 11 is 0. The lowest BCUT2D eigenvalue weighted by atomic mass is 10.2. The third-order valence-electron chi connectivity index (χ3n) is 4.94. The molecule has 13 heteroatoms. The Balaban J connectivity index is 1.85. The van der Waals surface area contributed by atoms with Crippen molar-refractivity contribution in [1.29, 1.82) is 0 Å². The zero-order valence-electron chi connectivity index (χ0n) is 18.7. The zero-order valence-corrected chi connectivity index (χ0v) is 19.7. The second kappa shape index (κ2) is 9.20. The fourth-order valence-corrected chi connectivity index (χ4v) is 4.19. The maximum Gasteiger partial charge on any atom is 0.330 e. The van der Waals surface area contributed by atoms with Crippen molar-refractivity contribution < 1.29 is 23.8 Å². The van der Waals surface area contributed by atoms with Crippen LogP contribution in [-0.4, -0.2) is 63.4 Å². The largest absolute Gasteiger partial charge is 0.463 e. The monoisotopic (exact) mass is 465 g/mol. The highest BCUT2D eigenvalue weighted by Gasteiger charge is 2.39. The average molecular weight is 466 g/mol. The Morgan fingerprint density at radius 2 is 1.94 bits per heavy atom. The Labute approximate surface area is 184 Å². The molecule has 0 unspecified atom stereocenters. The number of H-pyrrole nitrogens is 1. The summed E-state index contributed by atoms with van der Waals surface area (Å²) in [5.41, 5.74) is -0.921.